The minimum Gasteiger partial charge on any atom is -0.320 e. The Labute approximate surface area is 131 Å². The predicted octanol–water partition coefficient (Wildman–Crippen LogP) is 5.18. The van der Waals surface area contributed by atoms with E-state index in [1.165, 1.54) is 22.3 Å². The van der Waals surface area contributed by atoms with Crippen molar-refractivity contribution in [2.24, 2.45) is 5.73 Å². The summed E-state index contributed by atoms with van der Waals surface area (Å²) in [7, 11) is 0. The van der Waals surface area contributed by atoms with Crippen molar-refractivity contribution in [3.63, 3.8) is 0 Å². The topological polar surface area (TPSA) is 26.0 Å². The summed E-state index contributed by atoms with van der Waals surface area (Å²) in [4.78, 5) is 0. The number of aryl methyl sites for hydroxylation is 3. The zero-order valence-electron chi connectivity index (χ0n) is 11.3. The zero-order valence-corrected chi connectivity index (χ0v) is 14.5. The molecule has 0 bridgehead atoms. The standard InChI is InChI=1S/C16H17Br2N/c1-9-6-11(3)13(7-10(9)2)16(19)14-8-12(17)4-5-15(14)18/h4-8,16H,19H2,1-3H3. The molecule has 1 unspecified atom stereocenters. The number of hydrogen-bond donors (Lipinski definition) is 1. The third-order valence-electron chi connectivity index (χ3n) is 3.51. The largest absolute Gasteiger partial charge is 0.320 e. The molecule has 0 aromatic heterocycles. The summed E-state index contributed by atoms with van der Waals surface area (Å²) in [5, 5.41) is 0. The van der Waals surface area contributed by atoms with Crippen LogP contribution in [0.1, 0.15) is 33.9 Å². The van der Waals surface area contributed by atoms with Gasteiger partial charge in [0.2, 0.25) is 0 Å². The van der Waals surface area contributed by atoms with Gasteiger partial charge < -0.3 is 5.73 Å². The van der Waals surface area contributed by atoms with E-state index >= 15 is 0 Å². The molecule has 19 heavy (non-hydrogen) atoms. The molecule has 0 aliphatic rings. The first-order chi connectivity index (χ1) is 8.90. The van der Waals surface area contributed by atoms with Gasteiger partial charge in [0.1, 0.15) is 0 Å². The minimum atomic E-state index is -0.119. The van der Waals surface area contributed by atoms with E-state index in [0.717, 1.165) is 14.5 Å². The molecule has 0 heterocycles. The van der Waals surface area contributed by atoms with Crippen molar-refractivity contribution in [2.45, 2.75) is 26.8 Å². The van der Waals surface area contributed by atoms with Crippen LogP contribution in [0.15, 0.2) is 39.3 Å². The van der Waals surface area contributed by atoms with Crippen molar-refractivity contribution in [1.82, 2.24) is 0 Å². The van der Waals surface area contributed by atoms with Crippen LogP contribution in [0.4, 0.5) is 0 Å². The van der Waals surface area contributed by atoms with Crippen LogP contribution < -0.4 is 5.73 Å². The molecule has 2 aromatic carbocycles. The van der Waals surface area contributed by atoms with Gasteiger partial charge in [0.05, 0.1) is 6.04 Å². The molecule has 0 amide bonds. The Kier molecular flexibility index (Phi) is 4.49. The van der Waals surface area contributed by atoms with E-state index in [4.69, 9.17) is 5.73 Å². The van der Waals surface area contributed by atoms with Gasteiger partial charge >= 0.3 is 0 Å². The van der Waals surface area contributed by atoms with Gasteiger partial charge in [-0.1, -0.05) is 44.0 Å². The van der Waals surface area contributed by atoms with Crippen molar-refractivity contribution >= 4 is 31.9 Å². The molecule has 0 fully saturated rings. The van der Waals surface area contributed by atoms with Crippen LogP contribution in [0.25, 0.3) is 0 Å². The van der Waals surface area contributed by atoms with Crippen LogP contribution in [0.5, 0.6) is 0 Å². The van der Waals surface area contributed by atoms with Crippen LogP contribution in [-0.2, 0) is 0 Å². The van der Waals surface area contributed by atoms with Crippen LogP contribution in [0.2, 0.25) is 0 Å². The smallest absolute Gasteiger partial charge is 0.0565 e. The van der Waals surface area contributed by atoms with E-state index in [-0.39, 0.29) is 6.04 Å². The number of hydrogen-bond acceptors (Lipinski definition) is 1. The maximum Gasteiger partial charge on any atom is 0.0565 e. The van der Waals surface area contributed by atoms with Gasteiger partial charge in [-0.05, 0) is 66.8 Å². The van der Waals surface area contributed by atoms with E-state index in [1.54, 1.807) is 0 Å². The Morgan fingerprint density at radius 1 is 0.842 bits per heavy atom. The molecule has 0 aliphatic carbocycles. The van der Waals surface area contributed by atoms with Gasteiger partial charge in [-0.15, -0.1) is 0 Å². The average molecular weight is 383 g/mol. The molecular weight excluding hydrogens is 366 g/mol. The number of nitrogens with two attached hydrogens (primary N) is 1. The predicted molar refractivity (Wildman–Crippen MR) is 88.5 cm³/mol. The Morgan fingerprint density at radius 2 is 1.47 bits per heavy atom. The van der Waals surface area contributed by atoms with Gasteiger partial charge in [0.15, 0.2) is 0 Å². The molecular formula is C16H17Br2N. The van der Waals surface area contributed by atoms with Gasteiger partial charge in [-0.25, -0.2) is 0 Å². The third-order valence-corrected chi connectivity index (χ3v) is 4.73. The third kappa shape index (κ3) is 3.10. The highest BCUT2D eigenvalue weighted by molar-refractivity contribution is 9.11. The minimum absolute atomic E-state index is 0.119. The number of halogens is 2. The highest BCUT2D eigenvalue weighted by Gasteiger charge is 2.15. The lowest BCUT2D eigenvalue weighted by molar-refractivity contribution is 0.852. The van der Waals surface area contributed by atoms with Crippen LogP contribution in [-0.4, -0.2) is 0 Å². The monoisotopic (exact) mass is 381 g/mol. The molecule has 0 radical (unpaired) electrons. The lowest BCUT2D eigenvalue weighted by Gasteiger charge is -2.19. The first kappa shape index (κ1) is 14.8. The van der Waals surface area contributed by atoms with Crippen molar-refractivity contribution in [3.05, 3.63) is 67.1 Å². The van der Waals surface area contributed by atoms with Crippen molar-refractivity contribution in [2.75, 3.05) is 0 Å². The highest BCUT2D eigenvalue weighted by atomic mass is 79.9. The second-order valence-electron chi connectivity index (χ2n) is 4.94. The van der Waals surface area contributed by atoms with Crippen molar-refractivity contribution < 1.29 is 0 Å². The summed E-state index contributed by atoms with van der Waals surface area (Å²) in [6.07, 6.45) is 0. The molecule has 100 valence electrons. The Bertz CT molecular complexity index is 620. The SMILES string of the molecule is Cc1cc(C)c(C(N)c2cc(Br)ccc2Br)cc1C. The van der Waals surface area contributed by atoms with Crippen molar-refractivity contribution in [1.29, 1.82) is 0 Å². The molecule has 0 spiro atoms. The molecule has 0 saturated carbocycles. The molecule has 1 atom stereocenters. The summed E-state index contributed by atoms with van der Waals surface area (Å²) < 4.78 is 2.09. The van der Waals surface area contributed by atoms with E-state index in [1.807, 2.05) is 12.1 Å². The fourth-order valence-electron chi connectivity index (χ4n) is 2.24. The summed E-state index contributed by atoms with van der Waals surface area (Å²) in [5.74, 6) is 0. The second-order valence-corrected chi connectivity index (χ2v) is 6.71. The number of rotatable bonds is 2. The van der Waals surface area contributed by atoms with Gasteiger partial charge in [0.25, 0.3) is 0 Å². The molecule has 3 heteroatoms. The fraction of sp³-hybridized carbons (Fsp3) is 0.250. The van der Waals surface area contributed by atoms with E-state index in [2.05, 4.69) is 70.8 Å². The average Bonchev–Trinajstić information content (AvgIpc) is 2.36. The molecule has 2 rings (SSSR count). The van der Waals surface area contributed by atoms with Crippen LogP contribution in [0, 0.1) is 20.8 Å². The maximum absolute atomic E-state index is 6.45. The summed E-state index contributed by atoms with van der Waals surface area (Å²) >= 11 is 7.09. The van der Waals surface area contributed by atoms with Crippen LogP contribution in [0.3, 0.4) is 0 Å². The first-order valence-electron chi connectivity index (χ1n) is 6.18. The van der Waals surface area contributed by atoms with Crippen molar-refractivity contribution in [3.8, 4) is 0 Å². The highest BCUT2D eigenvalue weighted by Crippen LogP contribution is 2.31. The molecule has 0 saturated heterocycles. The summed E-state index contributed by atoms with van der Waals surface area (Å²) in [6.45, 7) is 6.38. The number of benzene rings is 2. The Hall–Kier alpha value is -0.640. The molecule has 1 nitrogen and oxygen atoms in total. The lowest BCUT2D eigenvalue weighted by atomic mass is 9.92. The summed E-state index contributed by atoms with van der Waals surface area (Å²) in [6, 6.07) is 10.4. The van der Waals surface area contributed by atoms with Gasteiger partial charge in [0, 0.05) is 8.95 Å². The molecule has 2 N–H and O–H groups in total. The Balaban J connectivity index is 2.52. The van der Waals surface area contributed by atoms with E-state index in [9.17, 15) is 0 Å². The van der Waals surface area contributed by atoms with Gasteiger partial charge in [-0.3, -0.25) is 0 Å². The van der Waals surface area contributed by atoms with Crippen LogP contribution >= 0.6 is 31.9 Å². The quantitative estimate of drug-likeness (QED) is 0.760. The molecule has 2 aromatic rings. The molecule has 0 aliphatic heterocycles. The fourth-order valence-corrected chi connectivity index (χ4v) is 3.11. The zero-order chi connectivity index (χ0) is 14.2. The first-order valence-corrected chi connectivity index (χ1v) is 7.77. The summed E-state index contributed by atoms with van der Waals surface area (Å²) in [5.41, 5.74) is 12.6. The van der Waals surface area contributed by atoms with E-state index in [0.29, 0.717) is 0 Å². The maximum atomic E-state index is 6.45. The lowest BCUT2D eigenvalue weighted by Crippen LogP contribution is -2.14. The van der Waals surface area contributed by atoms with Gasteiger partial charge in [-0.2, -0.15) is 0 Å². The Morgan fingerprint density at radius 3 is 2.16 bits per heavy atom. The van der Waals surface area contributed by atoms with E-state index < -0.39 is 0 Å². The normalized spacial score (nSPS) is 12.5. The second kappa shape index (κ2) is 5.78.